The van der Waals surface area contributed by atoms with Crippen molar-refractivity contribution < 1.29 is 26.2 Å². The van der Waals surface area contributed by atoms with Crippen molar-refractivity contribution in [2.75, 3.05) is 27.9 Å². The summed E-state index contributed by atoms with van der Waals surface area (Å²) < 4.78 is 46.4. The van der Waals surface area contributed by atoms with Crippen molar-refractivity contribution in [3.63, 3.8) is 0 Å². The van der Waals surface area contributed by atoms with Crippen LogP contribution in [0.15, 0.2) is 0 Å². The molecule has 0 spiro atoms. The van der Waals surface area contributed by atoms with Crippen LogP contribution in [0.1, 0.15) is 6.42 Å². The van der Waals surface area contributed by atoms with Crippen LogP contribution < -0.4 is 4.72 Å². The van der Waals surface area contributed by atoms with E-state index in [0.717, 1.165) is 0 Å². The van der Waals surface area contributed by atoms with E-state index in [1.165, 1.54) is 21.3 Å². The summed E-state index contributed by atoms with van der Waals surface area (Å²) in [4.78, 5) is 0. The van der Waals surface area contributed by atoms with Crippen LogP contribution in [-0.2, 0) is 23.6 Å². The van der Waals surface area contributed by atoms with E-state index in [1.54, 1.807) is 0 Å². The zero-order chi connectivity index (χ0) is 11.9. The maximum absolute atomic E-state index is 10.3. The summed E-state index contributed by atoms with van der Waals surface area (Å²) in [6.07, 6.45) is 0.460. The lowest BCUT2D eigenvalue weighted by Crippen LogP contribution is -2.43. The fraction of sp³-hybridized carbons (Fsp3) is 1.00. The van der Waals surface area contributed by atoms with Gasteiger partial charge in [0.25, 0.3) is 0 Å². The van der Waals surface area contributed by atoms with Crippen LogP contribution in [-0.4, -0.2) is 49.6 Å². The first-order valence-electron chi connectivity index (χ1n) is 4.26. The van der Waals surface area contributed by atoms with Crippen LogP contribution in [0, 0.1) is 0 Å². The monoisotopic (exact) mass is 259 g/mol. The molecule has 15 heavy (non-hydrogen) atoms. The third-order valence-electron chi connectivity index (χ3n) is 1.88. The third kappa shape index (κ3) is 6.20. The quantitative estimate of drug-likeness (QED) is 0.351. The minimum atomic E-state index is -4.12. The Morgan fingerprint density at radius 1 is 1.20 bits per heavy atom. The maximum Gasteiger partial charge on any atom is 0.500 e. The molecule has 0 rings (SSSR count). The topological polar surface area (TPSA) is 94.1 Å². The summed E-state index contributed by atoms with van der Waals surface area (Å²) in [5.41, 5.74) is 0. The van der Waals surface area contributed by atoms with E-state index >= 15 is 0 Å². The molecule has 92 valence electrons. The summed E-state index contributed by atoms with van der Waals surface area (Å²) in [5.74, 6) is 0. The van der Waals surface area contributed by atoms with E-state index < -0.39 is 19.1 Å². The molecule has 0 aliphatic carbocycles. The van der Waals surface area contributed by atoms with Crippen molar-refractivity contribution in [1.29, 1.82) is 0 Å². The van der Waals surface area contributed by atoms with E-state index in [1.807, 2.05) is 4.72 Å². The molecular weight excluding hydrogens is 242 g/mol. The Kier molecular flexibility index (Phi) is 6.51. The molecule has 0 saturated carbocycles. The van der Waals surface area contributed by atoms with Gasteiger partial charge in [-0.05, 0) is 6.42 Å². The molecule has 0 fully saturated rings. The molecule has 0 saturated heterocycles. The van der Waals surface area contributed by atoms with Crippen molar-refractivity contribution in [1.82, 2.24) is 4.72 Å². The van der Waals surface area contributed by atoms with Crippen molar-refractivity contribution in [3.8, 4) is 0 Å². The van der Waals surface area contributed by atoms with E-state index in [4.69, 9.17) is 17.8 Å². The Balaban J connectivity index is 3.92. The Morgan fingerprint density at radius 2 is 1.67 bits per heavy atom. The van der Waals surface area contributed by atoms with Gasteiger partial charge in [0.1, 0.15) is 0 Å². The lowest BCUT2D eigenvalue weighted by atomic mass is 10.5. The molecule has 0 aliphatic rings. The van der Waals surface area contributed by atoms with Gasteiger partial charge < -0.3 is 13.3 Å². The van der Waals surface area contributed by atoms with Gasteiger partial charge in [0.15, 0.2) is 0 Å². The van der Waals surface area contributed by atoms with Gasteiger partial charge in [0, 0.05) is 33.9 Å². The highest BCUT2D eigenvalue weighted by Crippen LogP contribution is 2.14. The zero-order valence-corrected chi connectivity index (χ0v) is 10.8. The molecular formula is C6H17NO6SSi. The fourth-order valence-corrected chi connectivity index (χ4v) is 3.19. The second kappa shape index (κ2) is 6.53. The first-order chi connectivity index (χ1) is 6.89. The predicted molar refractivity (Wildman–Crippen MR) is 55.8 cm³/mol. The Morgan fingerprint density at radius 3 is 2.00 bits per heavy atom. The van der Waals surface area contributed by atoms with Crippen LogP contribution in [0.5, 0.6) is 0 Å². The van der Waals surface area contributed by atoms with E-state index in [2.05, 4.69) is 0 Å². The van der Waals surface area contributed by atoms with Crippen molar-refractivity contribution in [2.24, 2.45) is 0 Å². The Hall–Kier alpha value is -0.0331. The smallest absolute Gasteiger partial charge is 0.377 e. The number of hydrogen-bond donors (Lipinski definition) is 2. The Labute approximate surface area is 91.0 Å². The van der Waals surface area contributed by atoms with Gasteiger partial charge >= 0.3 is 19.1 Å². The summed E-state index contributed by atoms with van der Waals surface area (Å²) in [5, 5.41) is 0. The first-order valence-corrected chi connectivity index (χ1v) is 7.64. The van der Waals surface area contributed by atoms with E-state index in [0.29, 0.717) is 12.5 Å². The van der Waals surface area contributed by atoms with Gasteiger partial charge in [-0.3, -0.25) is 4.55 Å². The van der Waals surface area contributed by atoms with Crippen LogP contribution in [0.2, 0.25) is 6.04 Å². The predicted octanol–water partition coefficient (Wildman–Crippen LogP) is -0.353. The van der Waals surface area contributed by atoms with Gasteiger partial charge in [-0.15, -0.1) is 0 Å². The standard InChI is InChI=1S/C6H17NO6SSi/c1-11-15(12-2,13-3)6-4-5-7-14(8,9)10/h7H,4-6H2,1-3H3,(H,8,9,10). The molecule has 0 amide bonds. The fourth-order valence-electron chi connectivity index (χ4n) is 1.06. The number of nitrogens with one attached hydrogen (secondary N) is 1. The molecule has 7 nitrogen and oxygen atoms in total. The number of rotatable bonds is 8. The van der Waals surface area contributed by atoms with Crippen molar-refractivity contribution in [3.05, 3.63) is 0 Å². The number of hydrogen-bond acceptors (Lipinski definition) is 5. The normalized spacial score (nSPS) is 13.1. The van der Waals surface area contributed by atoms with Gasteiger partial charge in [0.05, 0.1) is 0 Å². The molecule has 0 heterocycles. The molecule has 0 unspecified atom stereocenters. The van der Waals surface area contributed by atoms with Crippen molar-refractivity contribution in [2.45, 2.75) is 12.5 Å². The molecule has 0 atom stereocenters. The van der Waals surface area contributed by atoms with Crippen molar-refractivity contribution >= 4 is 19.1 Å². The molecule has 0 aromatic rings. The van der Waals surface area contributed by atoms with E-state index in [-0.39, 0.29) is 6.54 Å². The molecule has 9 heteroatoms. The SMILES string of the molecule is CO[Si](CCCNS(=O)(=O)O)(OC)OC. The van der Waals surface area contributed by atoms with Crippen LogP contribution in [0.3, 0.4) is 0 Å². The summed E-state index contributed by atoms with van der Waals surface area (Å²) >= 11 is 0. The highest BCUT2D eigenvalue weighted by molar-refractivity contribution is 7.83. The molecule has 2 N–H and O–H groups in total. The summed E-state index contributed by atoms with van der Waals surface area (Å²) in [6, 6.07) is 0.471. The molecule has 0 aromatic carbocycles. The van der Waals surface area contributed by atoms with Gasteiger partial charge in [-0.2, -0.15) is 13.1 Å². The van der Waals surface area contributed by atoms with Gasteiger partial charge in [-0.25, -0.2) is 0 Å². The van der Waals surface area contributed by atoms with Gasteiger partial charge in [0.2, 0.25) is 0 Å². The zero-order valence-electron chi connectivity index (χ0n) is 9.02. The van der Waals surface area contributed by atoms with Crippen LogP contribution in [0.4, 0.5) is 0 Å². The summed E-state index contributed by atoms with van der Waals surface area (Å²) in [6.45, 7) is 0.115. The van der Waals surface area contributed by atoms with E-state index in [9.17, 15) is 8.42 Å². The minimum Gasteiger partial charge on any atom is -0.377 e. The highest BCUT2D eigenvalue weighted by atomic mass is 32.2. The van der Waals surface area contributed by atoms with Gasteiger partial charge in [-0.1, -0.05) is 0 Å². The minimum absolute atomic E-state index is 0.115. The first kappa shape index (κ1) is 15.0. The van der Waals surface area contributed by atoms with Crippen LogP contribution in [0.25, 0.3) is 0 Å². The molecule has 0 aliphatic heterocycles. The molecule has 0 aromatic heterocycles. The summed E-state index contributed by atoms with van der Waals surface area (Å²) in [7, 11) is -2.30. The highest BCUT2D eigenvalue weighted by Gasteiger charge is 2.36. The average molecular weight is 259 g/mol. The Bertz CT molecular complexity index is 257. The molecule has 0 bridgehead atoms. The lowest BCUT2D eigenvalue weighted by molar-refractivity contribution is 0.123. The molecule has 0 radical (unpaired) electrons. The second-order valence-corrected chi connectivity index (χ2v) is 7.10. The second-order valence-electron chi connectivity index (χ2n) is 2.77. The average Bonchev–Trinajstić information content (AvgIpc) is 2.18. The lowest BCUT2D eigenvalue weighted by Gasteiger charge is -2.24. The maximum atomic E-state index is 10.3. The third-order valence-corrected chi connectivity index (χ3v) is 5.28. The van der Waals surface area contributed by atoms with Crippen LogP contribution >= 0.6 is 0 Å². The largest absolute Gasteiger partial charge is 0.500 e.